The number of hydrogen-bond donors (Lipinski definition) is 1. The number of halogens is 3. The second kappa shape index (κ2) is 7.92. The van der Waals surface area contributed by atoms with Crippen molar-refractivity contribution >= 4 is 28.9 Å². The number of aryl methyl sites for hydroxylation is 1. The van der Waals surface area contributed by atoms with Crippen LogP contribution in [0.15, 0.2) is 29.9 Å². The second-order valence-electron chi connectivity index (χ2n) is 6.76. The summed E-state index contributed by atoms with van der Waals surface area (Å²) in [5.74, 6) is -1.88. The zero-order valence-electron chi connectivity index (χ0n) is 15.0. The number of amides is 1. The summed E-state index contributed by atoms with van der Waals surface area (Å²) in [6.45, 7) is 3.71. The Morgan fingerprint density at radius 2 is 2.07 bits per heavy atom. The molecule has 2 aromatic heterocycles. The highest BCUT2D eigenvalue weighted by atomic mass is 32.1. The fraction of sp³-hybridized carbons (Fsp3) is 0.471. The molecule has 1 N–H and O–H groups in total. The monoisotopic (exact) mass is 416 g/mol. The van der Waals surface area contributed by atoms with Gasteiger partial charge in [0.15, 0.2) is 0 Å². The Morgan fingerprint density at radius 3 is 2.57 bits per heavy atom. The number of aliphatic carboxylic acids is 1. The SMILES string of the molecule is Cn1cc(N2C[C@@H]3CN(Cc4cccs4)C[C@@H]3C2=O)cn1.O=C(O)C(F)(F)F. The van der Waals surface area contributed by atoms with E-state index in [4.69, 9.17) is 9.90 Å². The number of carboxylic acids is 1. The van der Waals surface area contributed by atoms with Crippen LogP contribution in [-0.2, 0) is 23.2 Å². The minimum atomic E-state index is -5.08. The number of anilines is 1. The molecule has 0 aromatic carbocycles. The molecule has 2 aliphatic rings. The van der Waals surface area contributed by atoms with Crippen molar-refractivity contribution in [3.05, 3.63) is 34.8 Å². The van der Waals surface area contributed by atoms with Crippen molar-refractivity contribution in [3.63, 3.8) is 0 Å². The largest absolute Gasteiger partial charge is 0.490 e. The van der Waals surface area contributed by atoms with Crippen molar-refractivity contribution in [3.8, 4) is 0 Å². The molecule has 2 aliphatic heterocycles. The van der Waals surface area contributed by atoms with E-state index in [9.17, 15) is 18.0 Å². The zero-order valence-corrected chi connectivity index (χ0v) is 15.8. The van der Waals surface area contributed by atoms with Gasteiger partial charge in [-0.2, -0.15) is 18.3 Å². The lowest BCUT2D eigenvalue weighted by Crippen LogP contribution is -2.32. The van der Waals surface area contributed by atoms with Gasteiger partial charge in [0.2, 0.25) is 5.91 Å². The summed E-state index contributed by atoms with van der Waals surface area (Å²) in [7, 11) is 1.88. The van der Waals surface area contributed by atoms with E-state index in [-0.39, 0.29) is 11.8 Å². The molecule has 0 saturated carbocycles. The van der Waals surface area contributed by atoms with Crippen LogP contribution in [0.1, 0.15) is 4.88 Å². The third-order valence-corrected chi connectivity index (χ3v) is 5.58. The number of hydrogen-bond acceptors (Lipinski definition) is 5. The van der Waals surface area contributed by atoms with E-state index in [0.29, 0.717) is 5.92 Å². The maximum absolute atomic E-state index is 12.6. The number of alkyl halides is 3. The Kier molecular flexibility index (Phi) is 5.75. The maximum Gasteiger partial charge on any atom is 0.490 e. The Hall–Kier alpha value is -2.40. The minimum Gasteiger partial charge on any atom is -0.475 e. The molecule has 0 aliphatic carbocycles. The van der Waals surface area contributed by atoms with Gasteiger partial charge < -0.3 is 10.0 Å². The molecule has 4 heterocycles. The molecule has 7 nitrogen and oxygen atoms in total. The Balaban J connectivity index is 0.000000279. The van der Waals surface area contributed by atoms with E-state index < -0.39 is 12.1 Å². The highest BCUT2D eigenvalue weighted by molar-refractivity contribution is 7.09. The first-order chi connectivity index (χ1) is 13.1. The number of aromatic nitrogens is 2. The van der Waals surface area contributed by atoms with Gasteiger partial charge in [-0.05, 0) is 11.4 Å². The molecule has 1 amide bonds. The van der Waals surface area contributed by atoms with Crippen molar-refractivity contribution < 1.29 is 27.9 Å². The molecular weight excluding hydrogens is 397 g/mol. The molecule has 0 spiro atoms. The summed E-state index contributed by atoms with van der Waals surface area (Å²) < 4.78 is 33.5. The first-order valence-electron chi connectivity index (χ1n) is 8.50. The fourth-order valence-electron chi connectivity index (χ4n) is 3.48. The van der Waals surface area contributed by atoms with Crippen LogP contribution < -0.4 is 4.90 Å². The van der Waals surface area contributed by atoms with Crippen molar-refractivity contribution in [2.75, 3.05) is 24.5 Å². The summed E-state index contributed by atoms with van der Waals surface area (Å²) in [6, 6.07) is 4.26. The van der Waals surface area contributed by atoms with Gasteiger partial charge in [0.25, 0.3) is 0 Å². The number of thiophene rings is 1. The summed E-state index contributed by atoms with van der Waals surface area (Å²) in [5.41, 5.74) is 0.932. The molecule has 0 radical (unpaired) electrons. The Labute approximate surface area is 163 Å². The quantitative estimate of drug-likeness (QED) is 0.830. The number of nitrogens with zero attached hydrogens (tertiary/aromatic N) is 4. The van der Waals surface area contributed by atoms with E-state index >= 15 is 0 Å². The molecule has 0 unspecified atom stereocenters. The van der Waals surface area contributed by atoms with Gasteiger partial charge in [0, 0.05) is 50.2 Å². The average molecular weight is 416 g/mol. The lowest BCUT2D eigenvalue weighted by atomic mass is 10.0. The van der Waals surface area contributed by atoms with Gasteiger partial charge in [-0.15, -0.1) is 11.3 Å². The summed E-state index contributed by atoms with van der Waals surface area (Å²) >= 11 is 1.79. The highest BCUT2D eigenvalue weighted by Crippen LogP contribution is 2.35. The third kappa shape index (κ3) is 4.53. The molecule has 11 heteroatoms. The van der Waals surface area contributed by atoms with Crippen LogP contribution in [0.25, 0.3) is 0 Å². The van der Waals surface area contributed by atoms with Gasteiger partial charge in [-0.3, -0.25) is 14.4 Å². The van der Waals surface area contributed by atoms with Crippen LogP contribution in [-0.4, -0.2) is 57.5 Å². The second-order valence-corrected chi connectivity index (χ2v) is 7.80. The minimum absolute atomic E-state index is 0.158. The Morgan fingerprint density at radius 1 is 1.36 bits per heavy atom. The highest BCUT2D eigenvalue weighted by Gasteiger charge is 2.46. The van der Waals surface area contributed by atoms with Crippen molar-refractivity contribution in [2.45, 2.75) is 12.7 Å². The molecular formula is C17H19F3N4O3S. The number of fused-ring (bicyclic) bond motifs is 1. The normalized spacial score (nSPS) is 22.1. The van der Waals surface area contributed by atoms with Gasteiger partial charge in [-0.25, -0.2) is 4.79 Å². The predicted molar refractivity (Wildman–Crippen MR) is 95.8 cm³/mol. The molecule has 2 fully saturated rings. The van der Waals surface area contributed by atoms with Gasteiger partial charge in [0.05, 0.1) is 17.8 Å². The Bertz CT molecular complexity index is 837. The molecule has 2 atom stereocenters. The van der Waals surface area contributed by atoms with Crippen LogP contribution in [0.3, 0.4) is 0 Å². The van der Waals surface area contributed by atoms with Crippen LogP contribution in [0.4, 0.5) is 18.9 Å². The fourth-order valence-corrected chi connectivity index (χ4v) is 4.23. The predicted octanol–water partition coefficient (Wildman–Crippen LogP) is 2.21. The van der Waals surface area contributed by atoms with Gasteiger partial charge in [0.1, 0.15) is 0 Å². The van der Waals surface area contributed by atoms with E-state index in [1.54, 1.807) is 22.2 Å². The van der Waals surface area contributed by atoms with E-state index in [1.165, 1.54) is 4.88 Å². The van der Waals surface area contributed by atoms with Crippen molar-refractivity contribution in [1.29, 1.82) is 0 Å². The van der Waals surface area contributed by atoms with Crippen LogP contribution in [0, 0.1) is 11.8 Å². The van der Waals surface area contributed by atoms with Crippen molar-refractivity contribution in [2.24, 2.45) is 18.9 Å². The molecule has 2 saturated heterocycles. The smallest absolute Gasteiger partial charge is 0.475 e. The van der Waals surface area contributed by atoms with Crippen LogP contribution in [0.2, 0.25) is 0 Å². The van der Waals surface area contributed by atoms with Crippen LogP contribution >= 0.6 is 11.3 Å². The number of carboxylic acid groups (broad SMARTS) is 1. The molecule has 0 bridgehead atoms. The number of carbonyl (C=O) groups excluding carboxylic acids is 1. The van der Waals surface area contributed by atoms with Gasteiger partial charge in [-0.1, -0.05) is 6.07 Å². The van der Waals surface area contributed by atoms with Crippen molar-refractivity contribution in [1.82, 2.24) is 14.7 Å². The first-order valence-corrected chi connectivity index (χ1v) is 9.38. The molecule has 28 heavy (non-hydrogen) atoms. The standard InChI is InChI=1S/C15H18N4OS.C2HF3O2/c1-17-8-12(5-16-17)19-7-11-6-18(10-14(11)15(19)20)9-13-3-2-4-21-13;3-2(4,5)1(6)7/h2-5,8,11,14H,6-7,9-10H2,1H3;(H,6,7)/t11-,14-;/m0./s1. The third-order valence-electron chi connectivity index (χ3n) is 4.72. The van der Waals surface area contributed by atoms with E-state index in [2.05, 4.69) is 27.5 Å². The average Bonchev–Trinajstić information content (AvgIpc) is 3.36. The summed E-state index contributed by atoms with van der Waals surface area (Å²) in [6.07, 6.45) is -1.38. The van der Waals surface area contributed by atoms with Crippen LogP contribution in [0.5, 0.6) is 0 Å². The molecule has 152 valence electrons. The van der Waals surface area contributed by atoms with E-state index in [1.807, 2.05) is 18.1 Å². The maximum atomic E-state index is 12.6. The molecule has 4 rings (SSSR count). The number of likely N-dealkylation sites (tertiary alicyclic amines) is 1. The first kappa shape index (κ1) is 20.3. The summed E-state index contributed by atoms with van der Waals surface area (Å²) in [4.78, 5) is 27.2. The lowest BCUT2D eigenvalue weighted by molar-refractivity contribution is -0.192. The van der Waals surface area contributed by atoms with E-state index in [0.717, 1.165) is 31.9 Å². The topological polar surface area (TPSA) is 78.7 Å². The summed E-state index contributed by atoms with van der Waals surface area (Å²) in [5, 5.41) is 13.4. The number of carbonyl (C=O) groups is 2. The van der Waals surface area contributed by atoms with Gasteiger partial charge >= 0.3 is 12.1 Å². The lowest BCUT2D eigenvalue weighted by Gasteiger charge is -2.20. The molecule has 2 aromatic rings. The zero-order chi connectivity index (χ0) is 20.5. The number of rotatable bonds is 3.